The van der Waals surface area contributed by atoms with Crippen molar-refractivity contribution < 1.29 is 14.3 Å². The highest BCUT2D eigenvalue weighted by Gasteiger charge is 2.32. The van der Waals surface area contributed by atoms with Crippen molar-refractivity contribution in [1.29, 1.82) is 0 Å². The van der Waals surface area contributed by atoms with Crippen LogP contribution in [0.1, 0.15) is 29.5 Å². The first-order chi connectivity index (χ1) is 8.66. The second-order valence-corrected chi connectivity index (χ2v) is 4.90. The second-order valence-electron chi connectivity index (χ2n) is 4.90. The molecule has 2 aromatic rings. The molecule has 1 aliphatic rings. The second kappa shape index (κ2) is 4.14. The molecule has 0 aliphatic heterocycles. The van der Waals surface area contributed by atoms with Crippen molar-refractivity contribution in [1.82, 2.24) is 5.32 Å². The van der Waals surface area contributed by atoms with Crippen molar-refractivity contribution in [3.8, 4) is 0 Å². The summed E-state index contributed by atoms with van der Waals surface area (Å²) in [5.74, 6) is 0.269. The van der Waals surface area contributed by atoms with E-state index in [1.807, 2.05) is 12.1 Å². The van der Waals surface area contributed by atoms with Gasteiger partial charge in [-0.15, -0.1) is 0 Å². The van der Waals surface area contributed by atoms with Gasteiger partial charge in [0.1, 0.15) is 16.9 Å². The molecule has 4 nitrogen and oxygen atoms in total. The largest absolute Gasteiger partial charge is 0.478 e. The fourth-order valence-electron chi connectivity index (χ4n) is 2.29. The Bertz CT molecular complexity index is 602. The van der Waals surface area contributed by atoms with E-state index >= 15 is 0 Å². The lowest BCUT2D eigenvalue weighted by Crippen LogP contribution is -2.18. The lowest BCUT2D eigenvalue weighted by Gasteiger charge is -2.01. The van der Waals surface area contributed by atoms with Gasteiger partial charge < -0.3 is 14.8 Å². The molecule has 0 saturated heterocycles. The number of carbonyl (C=O) groups is 1. The maximum Gasteiger partial charge on any atom is 0.339 e. The number of aromatic carboxylic acids is 1. The topological polar surface area (TPSA) is 62.5 Å². The van der Waals surface area contributed by atoms with Gasteiger partial charge in [-0.05, 0) is 18.4 Å². The predicted octanol–water partition coefficient (Wildman–Crippen LogP) is 2.63. The summed E-state index contributed by atoms with van der Waals surface area (Å²) in [6, 6.07) is 7.75. The maximum absolute atomic E-state index is 11.3. The normalized spacial score (nSPS) is 22.3. The summed E-state index contributed by atoms with van der Waals surface area (Å²) in [5.41, 5.74) is 0.918. The SMILES string of the molecule is CC1CC1NCc1oc2ccccc2c1C(=O)O. The molecule has 0 spiro atoms. The van der Waals surface area contributed by atoms with Crippen molar-refractivity contribution in [2.24, 2.45) is 5.92 Å². The Morgan fingerprint density at radius 2 is 2.22 bits per heavy atom. The van der Waals surface area contributed by atoms with Crippen LogP contribution < -0.4 is 5.32 Å². The highest BCUT2D eigenvalue weighted by Crippen LogP contribution is 2.31. The number of hydrogen-bond acceptors (Lipinski definition) is 3. The lowest BCUT2D eigenvalue weighted by molar-refractivity contribution is 0.0696. The molecule has 0 bridgehead atoms. The van der Waals surface area contributed by atoms with Crippen LogP contribution in [0.15, 0.2) is 28.7 Å². The fraction of sp³-hybridized carbons (Fsp3) is 0.357. The van der Waals surface area contributed by atoms with E-state index in [0.29, 0.717) is 35.2 Å². The molecule has 3 rings (SSSR count). The van der Waals surface area contributed by atoms with Gasteiger partial charge in [0.25, 0.3) is 0 Å². The minimum atomic E-state index is -0.930. The van der Waals surface area contributed by atoms with E-state index in [9.17, 15) is 9.90 Å². The predicted molar refractivity (Wildman–Crippen MR) is 67.6 cm³/mol. The zero-order valence-electron chi connectivity index (χ0n) is 10.1. The van der Waals surface area contributed by atoms with Crippen LogP contribution in [0.4, 0.5) is 0 Å². The summed E-state index contributed by atoms with van der Waals surface area (Å²) in [7, 11) is 0. The lowest BCUT2D eigenvalue weighted by atomic mass is 10.1. The molecular weight excluding hydrogens is 230 g/mol. The van der Waals surface area contributed by atoms with Gasteiger partial charge in [0.2, 0.25) is 0 Å². The van der Waals surface area contributed by atoms with Crippen molar-refractivity contribution in [2.45, 2.75) is 25.9 Å². The zero-order valence-corrected chi connectivity index (χ0v) is 10.1. The first-order valence-corrected chi connectivity index (χ1v) is 6.14. The number of hydrogen-bond donors (Lipinski definition) is 2. The highest BCUT2D eigenvalue weighted by molar-refractivity contribution is 6.03. The van der Waals surface area contributed by atoms with Crippen molar-refractivity contribution >= 4 is 16.9 Å². The van der Waals surface area contributed by atoms with Gasteiger partial charge in [-0.2, -0.15) is 0 Å². The molecule has 1 aliphatic carbocycles. The van der Waals surface area contributed by atoms with Crippen molar-refractivity contribution in [3.05, 3.63) is 35.6 Å². The number of para-hydroxylation sites is 1. The highest BCUT2D eigenvalue weighted by atomic mass is 16.4. The quantitative estimate of drug-likeness (QED) is 0.869. The van der Waals surface area contributed by atoms with Crippen LogP contribution in [0.5, 0.6) is 0 Å². The van der Waals surface area contributed by atoms with Crippen LogP contribution in [-0.2, 0) is 6.54 Å². The van der Waals surface area contributed by atoms with Crippen LogP contribution in [0.2, 0.25) is 0 Å². The summed E-state index contributed by atoms with van der Waals surface area (Å²) in [4.78, 5) is 11.3. The van der Waals surface area contributed by atoms with Gasteiger partial charge in [0, 0.05) is 11.4 Å². The first kappa shape index (κ1) is 11.3. The molecule has 2 atom stereocenters. The van der Waals surface area contributed by atoms with E-state index in [4.69, 9.17) is 4.42 Å². The van der Waals surface area contributed by atoms with E-state index in [2.05, 4.69) is 12.2 Å². The molecule has 1 aromatic carbocycles. The zero-order chi connectivity index (χ0) is 12.7. The molecule has 0 amide bonds. The number of carboxylic acid groups (broad SMARTS) is 1. The smallest absolute Gasteiger partial charge is 0.339 e. The third kappa shape index (κ3) is 1.88. The van der Waals surface area contributed by atoms with Gasteiger partial charge in [-0.3, -0.25) is 0 Å². The summed E-state index contributed by atoms with van der Waals surface area (Å²) in [6.07, 6.45) is 1.16. The number of nitrogens with one attached hydrogen (secondary N) is 1. The molecule has 18 heavy (non-hydrogen) atoms. The maximum atomic E-state index is 11.3. The molecule has 4 heteroatoms. The number of rotatable bonds is 4. The summed E-state index contributed by atoms with van der Waals surface area (Å²) in [5, 5.41) is 13.3. The number of carboxylic acids is 1. The molecule has 1 saturated carbocycles. The molecule has 1 heterocycles. The first-order valence-electron chi connectivity index (χ1n) is 6.14. The Morgan fingerprint density at radius 3 is 2.89 bits per heavy atom. The standard InChI is InChI=1S/C14H15NO3/c1-8-6-10(8)15-7-12-13(14(16)17)9-4-2-3-5-11(9)18-12/h2-5,8,10,15H,6-7H2,1H3,(H,16,17). The van der Waals surface area contributed by atoms with Crippen LogP contribution in [0.25, 0.3) is 11.0 Å². The monoisotopic (exact) mass is 245 g/mol. The molecule has 0 radical (unpaired) electrons. The van der Waals surface area contributed by atoms with Gasteiger partial charge in [0.15, 0.2) is 0 Å². The van der Waals surface area contributed by atoms with Gasteiger partial charge in [0.05, 0.1) is 6.54 Å². The molecule has 94 valence electrons. The molecule has 1 fully saturated rings. The molecule has 2 unspecified atom stereocenters. The minimum Gasteiger partial charge on any atom is -0.478 e. The third-order valence-electron chi connectivity index (χ3n) is 3.52. The van der Waals surface area contributed by atoms with E-state index in [1.165, 1.54) is 0 Å². The minimum absolute atomic E-state index is 0.284. The fourth-order valence-corrected chi connectivity index (χ4v) is 2.29. The van der Waals surface area contributed by atoms with E-state index in [-0.39, 0.29) is 5.56 Å². The summed E-state index contributed by atoms with van der Waals surface area (Å²) in [6.45, 7) is 2.65. The number of fused-ring (bicyclic) bond motifs is 1. The number of furan rings is 1. The van der Waals surface area contributed by atoms with Crippen LogP contribution in [0.3, 0.4) is 0 Å². The Balaban J connectivity index is 1.94. The van der Waals surface area contributed by atoms with Gasteiger partial charge in [-0.1, -0.05) is 25.1 Å². The van der Waals surface area contributed by atoms with Gasteiger partial charge in [-0.25, -0.2) is 4.79 Å². The van der Waals surface area contributed by atoms with E-state index in [1.54, 1.807) is 12.1 Å². The molecular formula is C14H15NO3. The van der Waals surface area contributed by atoms with Crippen molar-refractivity contribution in [3.63, 3.8) is 0 Å². The summed E-state index contributed by atoms with van der Waals surface area (Å²) >= 11 is 0. The Morgan fingerprint density at radius 1 is 1.50 bits per heavy atom. The third-order valence-corrected chi connectivity index (χ3v) is 3.52. The van der Waals surface area contributed by atoms with E-state index < -0.39 is 5.97 Å². The van der Waals surface area contributed by atoms with Crippen LogP contribution in [0, 0.1) is 5.92 Å². The van der Waals surface area contributed by atoms with Crippen molar-refractivity contribution in [2.75, 3.05) is 0 Å². The average Bonchev–Trinajstić information content (AvgIpc) is 2.90. The van der Waals surface area contributed by atoms with Crippen LogP contribution >= 0.6 is 0 Å². The molecule has 1 aromatic heterocycles. The van der Waals surface area contributed by atoms with E-state index in [0.717, 1.165) is 6.42 Å². The molecule has 2 N–H and O–H groups in total. The Labute approximate surface area is 105 Å². The van der Waals surface area contributed by atoms with Gasteiger partial charge >= 0.3 is 5.97 Å². The Kier molecular flexibility index (Phi) is 2.59. The van der Waals surface area contributed by atoms with Crippen LogP contribution in [-0.4, -0.2) is 17.1 Å². The number of benzene rings is 1. The average molecular weight is 245 g/mol. The Hall–Kier alpha value is -1.81. The summed E-state index contributed by atoms with van der Waals surface area (Å²) < 4.78 is 5.63.